The van der Waals surface area contributed by atoms with Crippen molar-refractivity contribution in [2.24, 2.45) is 5.92 Å². The first-order chi connectivity index (χ1) is 10.2. The number of likely N-dealkylation sites (tertiary alicyclic amines) is 1. The summed E-state index contributed by atoms with van der Waals surface area (Å²) in [4.78, 5) is 7.29. The SMILES string of the molecule is CC(C)CN1CCC(F)(CN2CCN(C(C)(C)C)CC2)CC1. The second-order valence-electron chi connectivity index (χ2n) is 8.78. The van der Waals surface area contributed by atoms with Crippen LogP contribution in [-0.4, -0.2) is 78.3 Å². The van der Waals surface area contributed by atoms with Crippen molar-refractivity contribution >= 4 is 0 Å². The van der Waals surface area contributed by atoms with Crippen LogP contribution in [-0.2, 0) is 0 Å². The number of piperazine rings is 1. The van der Waals surface area contributed by atoms with E-state index < -0.39 is 5.67 Å². The van der Waals surface area contributed by atoms with Gasteiger partial charge in [0.25, 0.3) is 0 Å². The molecule has 4 heteroatoms. The Morgan fingerprint density at radius 1 is 0.909 bits per heavy atom. The Hall–Kier alpha value is -0.190. The molecule has 0 aromatic rings. The molecule has 0 aromatic heterocycles. The lowest BCUT2D eigenvalue weighted by Gasteiger charge is -2.45. The van der Waals surface area contributed by atoms with Crippen LogP contribution in [0.3, 0.4) is 0 Å². The van der Waals surface area contributed by atoms with E-state index in [1.165, 1.54) is 0 Å². The van der Waals surface area contributed by atoms with Crippen LogP contribution < -0.4 is 0 Å². The minimum atomic E-state index is -0.961. The van der Waals surface area contributed by atoms with Crippen molar-refractivity contribution in [1.82, 2.24) is 14.7 Å². The topological polar surface area (TPSA) is 9.72 Å². The summed E-state index contributed by atoms with van der Waals surface area (Å²) in [5.41, 5.74) is -0.723. The van der Waals surface area contributed by atoms with Crippen molar-refractivity contribution in [2.45, 2.75) is 58.7 Å². The summed E-state index contributed by atoms with van der Waals surface area (Å²) in [6, 6.07) is 0. The number of alkyl halides is 1. The lowest BCUT2D eigenvalue weighted by Crippen LogP contribution is -2.56. The first-order valence-electron chi connectivity index (χ1n) is 9.07. The summed E-state index contributed by atoms with van der Waals surface area (Å²) in [6.45, 7) is 19.1. The summed E-state index contributed by atoms with van der Waals surface area (Å²) >= 11 is 0. The monoisotopic (exact) mass is 313 g/mol. The van der Waals surface area contributed by atoms with E-state index >= 15 is 4.39 Å². The molecule has 2 aliphatic rings. The highest BCUT2D eigenvalue weighted by molar-refractivity contribution is 4.91. The number of hydrogen-bond acceptors (Lipinski definition) is 3. The molecule has 3 nitrogen and oxygen atoms in total. The molecule has 0 amide bonds. The minimum Gasteiger partial charge on any atom is -0.303 e. The van der Waals surface area contributed by atoms with Crippen molar-refractivity contribution in [3.05, 3.63) is 0 Å². The van der Waals surface area contributed by atoms with E-state index in [4.69, 9.17) is 0 Å². The molecule has 0 saturated carbocycles. The zero-order chi connectivity index (χ0) is 16.4. The number of nitrogens with zero attached hydrogens (tertiary/aromatic N) is 3. The molecule has 0 aromatic carbocycles. The molecule has 2 rings (SSSR count). The fourth-order valence-electron chi connectivity index (χ4n) is 3.79. The van der Waals surface area contributed by atoms with E-state index in [0.717, 1.165) is 45.8 Å². The van der Waals surface area contributed by atoms with Crippen LogP contribution in [0.25, 0.3) is 0 Å². The van der Waals surface area contributed by atoms with Crippen LogP contribution in [0, 0.1) is 5.92 Å². The first-order valence-corrected chi connectivity index (χ1v) is 9.07. The molecule has 130 valence electrons. The van der Waals surface area contributed by atoms with E-state index in [0.29, 0.717) is 25.3 Å². The zero-order valence-corrected chi connectivity index (χ0v) is 15.4. The predicted molar refractivity (Wildman–Crippen MR) is 92.1 cm³/mol. The molecule has 0 bridgehead atoms. The number of hydrogen-bond donors (Lipinski definition) is 0. The molecule has 2 aliphatic heterocycles. The van der Waals surface area contributed by atoms with Crippen LogP contribution >= 0.6 is 0 Å². The number of piperidine rings is 1. The molecule has 0 radical (unpaired) electrons. The lowest BCUT2D eigenvalue weighted by atomic mass is 9.91. The molecule has 2 heterocycles. The third-order valence-electron chi connectivity index (χ3n) is 5.20. The van der Waals surface area contributed by atoms with Crippen LogP contribution in [0.5, 0.6) is 0 Å². The van der Waals surface area contributed by atoms with Crippen LogP contribution in [0.15, 0.2) is 0 Å². The fourth-order valence-corrected chi connectivity index (χ4v) is 3.79. The van der Waals surface area contributed by atoms with Gasteiger partial charge in [0.2, 0.25) is 0 Å². The van der Waals surface area contributed by atoms with Gasteiger partial charge in [-0.1, -0.05) is 13.8 Å². The Balaban J connectivity index is 1.75. The van der Waals surface area contributed by atoms with Crippen molar-refractivity contribution in [3.63, 3.8) is 0 Å². The average molecular weight is 314 g/mol. The Morgan fingerprint density at radius 2 is 1.45 bits per heavy atom. The van der Waals surface area contributed by atoms with Crippen molar-refractivity contribution < 1.29 is 4.39 Å². The maximum absolute atomic E-state index is 15.1. The van der Waals surface area contributed by atoms with E-state index in [1.807, 2.05) is 0 Å². The smallest absolute Gasteiger partial charge is 0.126 e. The van der Waals surface area contributed by atoms with Crippen LogP contribution in [0.4, 0.5) is 4.39 Å². The molecule has 0 atom stereocenters. The van der Waals surface area contributed by atoms with Gasteiger partial charge in [0.1, 0.15) is 5.67 Å². The Labute approximate surface area is 136 Å². The molecular formula is C18H36FN3. The van der Waals surface area contributed by atoms with E-state index in [1.54, 1.807) is 0 Å². The van der Waals surface area contributed by atoms with Crippen LogP contribution in [0.1, 0.15) is 47.5 Å². The van der Waals surface area contributed by atoms with Crippen LogP contribution in [0.2, 0.25) is 0 Å². The quantitative estimate of drug-likeness (QED) is 0.790. The molecule has 0 unspecified atom stereocenters. The molecule has 0 aliphatic carbocycles. The standard InChI is InChI=1S/C18H36FN3/c1-16(2)14-20-8-6-18(19,7-9-20)15-21-10-12-22(13-11-21)17(3,4)5/h16H,6-15H2,1-5H3. The normalized spacial score (nSPS) is 25.8. The third kappa shape index (κ3) is 5.17. The Morgan fingerprint density at radius 3 is 1.91 bits per heavy atom. The van der Waals surface area contributed by atoms with Gasteiger partial charge >= 0.3 is 0 Å². The van der Waals surface area contributed by atoms with Crippen molar-refractivity contribution in [3.8, 4) is 0 Å². The van der Waals surface area contributed by atoms with Gasteiger partial charge in [-0.15, -0.1) is 0 Å². The summed E-state index contributed by atoms with van der Waals surface area (Å²) in [5, 5.41) is 0. The third-order valence-corrected chi connectivity index (χ3v) is 5.20. The van der Waals surface area contributed by atoms with E-state index in [2.05, 4.69) is 49.3 Å². The van der Waals surface area contributed by atoms with Gasteiger partial charge in [0.05, 0.1) is 0 Å². The first kappa shape index (κ1) is 18.2. The van der Waals surface area contributed by atoms with Gasteiger partial charge in [0, 0.05) is 57.9 Å². The highest BCUT2D eigenvalue weighted by Crippen LogP contribution is 2.29. The van der Waals surface area contributed by atoms with Crippen molar-refractivity contribution in [2.75, 3.05) is 52.4 Å². The average Bonchev–Trinajstić information content (AvgIpc) is 2.41. The van der Waals surface area contributed by atoms with Gasteiger partial charge in [-0.25, -0.2) is 4.39 Å². The van der Waals surface area contributed by atoms with E-state index in [9.17, 15) is 0 Å². The van der Waals surface area contributed by atoms with Gasteiger partial charge in [0.15, 0.2) is 0 Å². The molecule has 22 heavy (non-hydrogen) atoms. The van der Waals surface area contributed by atoms with Gasteiger partial charge in [-0.05, 0) is 39.5 Å². The Kier molecular flexibility index (Phi) is 5.89. The second-order valence-corrected chi connectivity index (χ2v) is 8.78. The molecular weight excluding hydrogens is 277 g/mol. The molecule has 2 fully saturated rings. The second kappa shape index (κ2) is 7.14. The minimum absolute atomic E-state index is 0.238. The summed E-state index contributed by atoms with van der Waals surface area (Å²) in [5.74, 6) is 0.678. The largest absolute Gasteiger partial charge is 0.303 e. The summed E-state index contributed by atoms with van der Waals surface area (Å²) in [7, 11) is 0. The van der Waals surface area contributed by atoms with Gasteiger partial charge in [-0.3, -0.25) is 9.80 Å². The van der Waals surface area contributed by atoms with Gasteiger partial charge in [-0.2, -0.15) is 0 Å². The fraction of sp³-hybridized carbons (Fsp3) is 1.00. The maximum atomic E-state index is 15.1. The lowest BCUT2D eigenvalue weighted by molar-refractivity contribution is -0.00472. The van der Waals surface area contributed by atoms with Gasteiger partial charge < -0.3 is 4.90 Å². The summed E-state index contributed by atoms with van der Waals surface area (Å²) < 4.78 is 15.1. The van der Waals surface area contributed by atoms with E-state index in [-0.39, 0.29) is 5.54 Å². The molecule has 2 saturated heterocycles. The molecule has 0 spiro atoms. The highest BCUT2D eigenvalue weighted by Gasteiger charge is 2.37. The summed E-state index contributed by atoms with van der Waals surface area (Å²) in [6.07, 6.45) is 1.42. The number of halogens is 1. The highest BCUT2D eigenvalue weighted by atomic mass is 19.1. The molecule has 0 N–H and O–H groups in total. The maximum Gasteiger partial charge on any atom is 0.126 e. The predicted octanol–water partition coefficient (Wildman–Crippen LogP) is 2.86. The van der Waals surface area contributed by atoms with Crippen molar-refractivity contribution in [1.29, 1.82) is 0 Å². The number of rotatable bonds is 4. The zero-order valence-electron chi connectivity index (χ0n) is 15.4. The Bertz CT molecular complexity index is 335.